The minimum atomic E-state index is -0.525. The first-order valence-corrected chi connectivity index (χ1v) is 9.05. The normalized spacial score (nSPS) is 15.7. The first-order chi connectivity index (χ1) is 13.1. The molecule has 1 aliphatic heterocycles. The molecule has 1 atom stereocenters. The van der Waals surface area contributed by atoms with E-state index in [9.17, 15) is 9.59 Å². The van der Waals surface area contributed by atoms with E-state index in [4.69, 9.17) is 10.5 Å². The largest absolute Gasteiger partial charge is 0.381 e. The molecule has 7 heteroatoms. The van der Waals surface area contributed by atoms with Crippen LogP contribution in [0.4, 0.5) is 5.69 Å². The Bertz CT molecular complexity index is 776. The number of amides is 2. The second-order valence-corrected chi connectivity index (χ2v) is 6.58. The summed E-state index contributed by atoms with van der Waals surface area (Å²) < 4.78 is 5.31. The van der Waals surface area contributed by atoms with Crippen molar-refractivity contribution in [2.24, 2.45) is 11.7 Å². The number of nitrogens with two attached hydrogens (primary N) is 1. The van der Waals surface area contributed by atoms with Gasteiger partial charge in [0.05, 0.1) is 6.04 Å². The molecule has 1 fully saturated rings. The molecule has 27 heavy (non-hydrogen) atoms. The van der Waals surface area contributed by atoms with Crippen molar-refractivity contribution in [3.8, 4) is 0 Å². The Morgan fingerprint density at radius 3 is 2.67 bits per heavy atom. The molecule has 0 radical (unpaired) electrons. The Balaban J connectivity index is 1.54. The molecule has 2 aromatic rings. The van der Waals surface area contributed by atoms with E-state index in [0.29, 0.717) is 31.0 Å². The molecule has 1 saturated heterocycles. The van der Waals surface area contributed by atoms with Crippen LogP contribution in [0.3, 0.4) is 0 Å². The summed E-state index contributed by atoms with van der Waals surface area (Å²) in [6.45, 7) is 1.67. The van der Waals surface area contributed by atoms with Gasteiger partial charge in [0.2, 0.25) is 5.91 Å². The van der Waals surface area contributed by atoms with Gasteiger partial charge in [-0.2, -0.15) is 0 Å². The number of hydrogen-bond donors (Lipinski definition) is 3. The highest BCUT2D eigenvalue weighted by Crippen LogP contribution is 2.18. The number of carbonyl (C=O) groups excluding carboxylic acids is 2. The maximum atomic E-state index is 12.3. The fourth-order valence-electron chi connectivity index (χ4n) is 3.06. The quantitative estimate of drug-likeness (QED) is 0.720. The summed E-state index contributed by atoms with van der Waals surface area (Å²) in [6.07, 6.45) is 4.77. The highest BCUT2D eigenvalue weighted by molar-refractivity contribution is 6.04. The number of rotatable bonds is 6. The number of nitrogens with one attached hydrogen (secondary N) is 2. The van der Waals surface area contributed by atoms with E-state index in [0.717, 1.165) is 18.4 Å². The van der Waals surface area contributed by atoms with Gasteiger partial charge in [0.15, 0.2) is 0 Å². The molecule has 1 unspecified atom stereocenters. The summed E-state index contributed by atoms with van der Waals surface area (Å²) in [6, 6.07) is 10.1. The van der Waals surface area contributed by atoms with Crippen molar-refractivity contribution in [3.63, 3.8) is 0 Å². The fraction of sp³-hybridized carbons (Fsp3) is 0.350. The summed E-state index contributed by atoms with van der Waals surface area (Å²) in [7, 11) is 0. The standard InChI is InChI=1S/C20H24N4O3/c21-18(15-6-10-27-11-7-15)20(26)23-13-14-2-1-3-17(12-14)24-19(25)16-4-8-22-9-5-16/h1-5,8-9,12,15,18H,6-7,10-11,13,21H2,(H,23,26)(H,24,25). The second-order valence-electron chi connectivity index (χ2n) is 6.58. The van der Waals surface area contributed by atoms with Gasteiger partial charge in [-0.3, -0.25) is 14.6 Å². The van der Waals surface area contributed by atoms with Gasteiger partial charge >= 0.3 is 0 Å². The van der Waals surface area contributed by atoms with Gasteiger partial charge in [-0.25, -0.2) is 0 Å². The maximum Gasteiger partial charge on any atom is 0.255 e. The molecule has 4 N–H and O–H groups in total. The molecule has 2 amide bonds. The fourth-order valence-corrected chi connectivity index (χ4v) is 3.06. The van der Waals surface area contributed by atoms with Crippen LogP contribution in [0.2, 0.25) is 0 Å². The Morgan fingerprint density at radius 1 is 1.19 bits per heavy atom. The molecule has 3 rings (SSSR count). The number of ether oxygens (including phenoxy) is 1. The Hall–Kier alpha value is -2.77. The van der Waals surface area contributed by atoms with E-state index >= 15 is 0 Å². The number of aromatic nitrogens is 1. The van der Waals surface area contributed by atoms with Crippen LogP contribution in [0.15, 0.2) is 48.8 Å². The highest BCUT2D eigenvalue weighted by Gasteiger charge is 2.26. The predicted octanol–water partition coefficient (Wildman–Crippen LogP) is 1.70. The summed E-state index contributed by atoms with van der Waals surface area (Å²) >= 11 is 0. The average molecular weight is 368 g/mol. The van der Waals surface area contributed by atoms with Gasteiger partial charge in [-0.15, -0.1) is 0 Å². The molecule has 142 valence electrons. The molecule has 1 aliphatic rings. The van der Waals surface area contributed by atoms with Gasteiger partial charge in [-0.05, 0) is 48.6 Å². The maximum absolute atomic E-state index is 12.3. The Labute approximate surface area is 158 Å². The van der Waals surface area contributed by atoms with Crippen molar-refractivity contribution in [1.82, 2.24) is 10.3 Å². The third-order valence-corrected chi connectivity index (χ3v) is 4.67. The van der Waals surface area contributed by atoms with Gasteiger partial charge in [-0.1, -0.05) is 12.1 Å². The van der Waals surface area contributed by atoms with Crippen molar-refractivity contribution in [2.75, 3.05) is 18.5 Å². The van der Waals surface area contributed by atoms with E-state index in [1.807, 2.05) is 18.2 Å². The minimum Gasteiger partial charge on any atom is -0.381 e. The van der Waals surface area contributed by atoms with Crippen molar-refractivity contribution >= 4 is 17.5 Å². The summed E-state index contributed by atoms with van der Waals surface area (Å²) in [5, 5.41) is 5.73. The predicted molar refractivity (Wildman–Crippen MR) is 102 cm³/mol. The Kier molecular flexibility index (Phi) is 6.51. The molecular weight excluding hydrogens is 344 g/mol. The van der Waals surface area contributed by atoms with Crippen molar-refractivity contribution in [3.05, 3.63) is 59.9 Å². The van der Waals surface area contributed by atoms with E-state index in [2.05, 4.69) is 15.6 Å². The number of anilines is 1. The molecule has 1 aromatic carbocycles. The zero-order valence-corrected chi connectivity index (χ0v) is 15.1. The van der Waals surface area contributed by atoms with Gasteiger partial charge in [0.1, 0.15) is 0 Å². The molecule has 0 saturated carbocycles. The lowest BCUT2D eigenvalue weighted by molar-refractivity contribution is -0.124. The van der Waals surface area contributed by atoms with Crippen LogP contribution in [0.1, 0.15) is 28.8 Å². The molecule has 0 bridgehead atoms. The summed E-state index contributed by atoms with van der Waals surface area (Å²) in [4.78, 5) is 28.4. The van der Waals surface area contributed by atoms with Crippen LogP contribution in [0.25, 0.3) is 0 Å². The first-order valence-electron chi connectivity index (χ1n) is 9.05. The van der Waals surface area contributed by atoms with E-state index in [1.54, 1.807) is 30.6 Å². The van der Waals surface area contributed by atoms with E-state index in [-0.39, 0.29) is 17.7 Å². The zero-order valence-electron chi connectivity index (χ0n) is 15.1. The minimum absolute atomic E-state index is 0.157. The van der Waals surface area contributed by atoms with Crippen LogP contribution < -0.4 is 16.4 Å². The van der Waals surface area contributed by atoms with Crippen molar-refractivity contribution < 1.29 is 14.3 Å². The van der Waals surface area contributed by atoms with Crippen molar-refractivity contribution in [1.29, 1.82) is 0 Å². The third kappa shape index (κ3) is 5.35. The van der Waals surface area contributed by atoms with Gasteiger partial charge in [0.25, 0.3) is 5.91 Å². The molecular formula is C20H24N4O3. The number of nitrogens with zero attached hydrogens (tertiary/aromatic N) is 1. The molecule has 0 spiro atoms. The lowest BCUT2D eigenvalue weighted by Crippen LogP contribution is -2.46. The van der Waals surface area contributed by atoms with Crippen LogP contribution >= 0.6 is 0 Å². The van der Waals surface area contributed by atoms with Crippen LogP contribution in [-0.2, 0) is 16.1 Å². The van der Waals surface area contributed by atoms with E-state index in [1.165, 1.54) is 0 Å². The third-order valence-electron chi connectivity index (χ3n) is 4.67. The van der Waals surface area contributed by atoms with E-state index < -0.39 is 6.04 Å². The molecule has 2 heterocycles. The smallest absolute Gasteiger partial charge is 0.255 e. The number of benzene rings is 1. The monoisotopic (exact) mass is 368 g/mol. The highest BCUT2D eigenvalue weighted by atomic mass is 16.5. The first kappa shape index (κ1) is 19.0. The summed E-state index contributed by atoms with van der Waals surface area (Å²) in [5.74, 6) is -0.210. The number of hydrogen-bond acceptors (Lipinski definition) is 5. The van der Waals surface area contributed by atoms with Crippen LogP contribution in [-0.4, -0.2) is 36.1 Å². The molecule has 1 aromatic heterocycles. The zero-order chi connectivity index (χ0) is 19.1. The second kappa shape index (κ2) is 9.25. The van der Waals surface area contributed by atoms with Gasteiger partial charge in [0, 0.05) is 43.4 Å². The number of pyridine rings is 1. The topological polar surface area (TPSA) is 106 Å². The average Bonchev–Trinajstić information content (AvgIpc) is 2.73. The number of carbonyl (C=O) groups is 2. The SMILES string of the molecule is NC(C(=O)NCc1cccc(NC(=O)c2ccncc2)c1)C1CCOCC1. The lowest BCUT2D eigenvalue weighted by atomic mass is 9.92. The molecule has 7 nitrogen and oxygen atoms in total. The Morgan fingerprint density at radius 2 is 1.93 bits per heavy atom. The van der Waals surface area contributed by atoms with Crippen molar-refractivity contribution in [2.45, 2.75) is 25.4 Å². The lowest BCUT2D eigenvalue weighted by Gasteiger charge is -2.26. The van der Waals surface area contributed by atoms with Crippen LogP contribution in [0.5, 0.6) is 0 Å². The summed E-state index contributed by atoms with van der Waals surface area (Å²) in [5.41, 5.74) is 8.17. The molecule has 0 aliphatic carbocycles. The van der Waals surface area contributed by atoms with Crippen LogP contribution in [0, 0.1) is 5.92 Å². The van der Waals surface area contributed by atoms with Gasteiger partial charge < -0.3 is 21.1 Å².